The molecule has 0 saturated carbocycles. The van der Waals surface area contributed by atoms with Crippen LogP contribution in [-0.2, 0) is 4.74 Å². The number of pyridine rings is 1. The maximum atomic E-state index is 5.90. The lowest BCUT2D eigenvalue weighted by atomic mass is 10.2. The van der Waals surface area contributed by atoms with Crippen molar-refractivity contribution in [3.8, 4) is 11.5 Å². The van der Waals surface area contributed by atoms with E-state index in [2.05, 4.69) is 27.2 Å². The summed E-state index contributed by atoms with van der Waals surface area (Å²) < 4.78 is 13.5. The zero-order valence-corrected chi connectivity index (χ0v) is 12.5. The van der Waals surface area contributed by atoms with Gasteiger partial charge >= 0.3 is 0 Å². The molecule has 0 aliphatic carbocycles. The molecule has 0 spiro atoms. The largest absolute Gasteiger partial charge is 0.418 e. The second kappa shape index (κ2) is 5.19. The van der Waals surface area contributed by atoms with E-state index >= 15 is 0 Å². The quantitative estimate of drug-likeness (QED) is 0.718. The minimum Gasteiger partial charge on any atom is -0.418 e. The normalized spacial score (nSPS) is 23.2. The summed E-state index contributed by atoms with van der Waals surface area (Å²) in [5.41, 5.74) is 1.77. The fraction of sp³-hybridized carbons (Fsp3) is 0.400. The number of aromatic nitrogens is 4. The lowest BCUT2D eigenvalue weighted by Crippen LogP contribution is -2.40. The molecule has 0 aromatic carbocycles. The Bertz CT molecular complexity index is 786. The number of likely N-dealkylation sites (N-methyl/N-ethyl adjacent to an activating group) is 1. The van der Waals surface area contributed by atoms with E-state index < -0.39 is 0 Å². The molecule has 1 fully saturated rings. The van der Waals surface area contributed by atoms with Gasteiger partial charge in [-0.15, -0.1) is 10.2 Å². The summed E-state index contributed by atoms with van der Waals surface area (Å²) >= 11 is 0. The van der Waals surface area contributed by atoms with E-state index in [-0.39, 0.29) is 12.2 Å². The SMILES string of the molecule is C[C@@H]1CN(C)C[C@H](c2nnc(-c3cnn4ccccc34)o2)O1. The number of nitrogens with zero attached hydrogens (tertiary/aromatic N) is 5. The summed E-state index contributed by atoms with van der Waals surface area (Å²) in [6.45, 7) is 3.71. The highest BCUT2D eigenvalue weighted by Gasteiger charge is 2.29. The number of hydrogen-bond acceptors (Lipinski definition) is 6. The number of ether oxygens (including phenoxy) is 1. The molecule has 3 aromatic heterocycles. The summed E-state index contributed by atoms with van der Waals surface area (Å²) in [6, 6.07) is 5.86. The van der Waals surface area contributed by atoms with Crippen molar-refractivity contribution >= 4 is 5.52 Å². The van der Waals surface area contributed by atoms with Crippen LogP contribution < -0.4 is 0 Å². The number of rotatable bonds is 2. The van der Waals surface area contributed by atoms with Crippen LogP contribution in [0.15, 0.2) is 35.0 Å². The molecule has 1 aliphatic heterocycles. The monoisotopic (exact) mass is 299 g/mol. The molecule has 0 amide bonds. The summed E-state index contributed by atoms with van der Waals surface area (Å²) in [5, 5.41) is 12.6. The highest BCUT2D eigenvalue weighted by atomic mass is 16.5. The fourth-order valence-electron chi connectivity index (χ4n) is 2.87. The van der Waals surface area contributed by atoms with Crippen molar-refractivity contribution in [2.24, 2.45) is 0 Å². The summed E-state index contributed by atoms with van der Waals surface area (Å²) in [7, 11) is 2.06. The first-order valence-corrected chi connectivity index (χ1v) is 7.31. The first-order valence-electron chi connectivity index (χ1n) is 7.31. The van der Waals surface area contributed by atoms with E-state index in [1.165, 1.54) is 0 Å². The Labute approximate surface area is 127 Å². The zero-order chi connectivity index (χ0) is 15.1. The van der Waals surface area contributed by atoms with E-state index in [0.717, 1.165) is 24.2 Å². The van der Waals surface area contributed by atoms with Crippen molar-refractivity contribution in [3.05, 3.63) is 36.5 Å². The van der Waals surface area contributed by atoms with Gasteiger partial charge in [-0.25, -0.2) is 4.52 Å². The van der Waals surface area contributed by atoms with Crippen molar-refractivity contribution in [2.45, 2.75) is 19.1 Å². The smallest absolute Gasteiger partial charge is 0.251 e. The first-order chi connectivity index (χ1) is 10.7. The molecule has 0 bridgehead atoms. The lowest BCUT2D eigenvalue weighted by Gasteiger charge is -2.32. The second-order valence-corrected chi connectivity index (χ2v) is 5.69. The van der Waals surface area contributed by atoms with E-state index in [4.69, 9.17) is 9.15 Å². The van der Waals surface area contributed by atoms with Crippen LogP contribution in [0, 0.1) is 0 Å². The molecule has 0 radical (unpaired) electrons. The Balaban J connectivity index is 1.66. The van der Waals surface area contributed by atoms with Gasteiger partial charge in [0.1, 0.15) is 6.10 Å². The summed E-state index contributed by atoms with van der Waals surface area (Å²) in [4.78, 5) is 2.21. The topological polar surface area (TPSA) is 68.7 Å². The Morgan fingerprint density at radius 3 is 3.00 bits per heavy atom. The van der Waals surface area contributed by atoms with Gasteiger partial charge in [0.25, 0.3) is 5.89 Å². The molecule has 0 N–H and O–H groups in total. The third-order valence-electron chi connectivity index (χ3n) is 3.82. The average Bonchev–Trinajstić information content (AvgIpc) is 3.12. The molecule has 2 atom stereocenters. The molecule has 1 aliphatic rings. The second-order valence-electron chi connectivity index (χ2n) is 5.69. The van der Waals surface area contributed by atoms with Gasteiger partial charge in [0, 0.05) is 19.3 Å². The summed E-state index contributed by atoms with van der Waals surface area (Å²) in [5.74, 6) is 0.990. The molecule has 0 unspecified atom stereocenters. The van der Waals surface area contributed by atoms with Gasteiger partial charge in [0.05, 0.1) is 23.4 Å². The lowest BCUT2D eigenvalue weighted by molar-refractivity contribution is -0.0821. The molecule has 4 rings (SSSR count). The first kappa shape index (κ1) is 13.4. The van der Waals surface area contributed by atoms with Gasteiger partial charge in [0.2, 0.25) is 5.89 Å². The van der Waals surface area contributed by atoms with Crippen LogP contribution in [0.5, 0.6) is 0 Å². The number of hydrogen-bond donors (Lipinski definition) is 0. The maximum Gasteiger partial charge on any atom is 0.251 e. The molecular formula is C15H17N5O2. The van der Waals surface area contributed by atoms with Crippen LogP contribution in [0.1, 0.15) is 18.9 Å². The van der Waals surface area contributed by atoms with Crippen molar-refractivity contribution in [2.75, 3.05) is 20.1 Å². The van der Waals surface area contributed by atoms with Gasteiger partial charge < -0.3 is 14.1 Å². The molecule has 22 heavy (non-hydrogen) atoms. The Morgan fingerprint density at radius 1 is 1.23 bits per heavy atom. The molecule has 7 heteroatoms. The van der Waals surface area contributed by atoms with Crippen molar-refractivity contribution < 1.29 is 9.15 Å². The van der Waals surface area contributed by atoms with Crippen LogP contribution in [0.4, 0.5) is 0 Å². The minimum atomic E-state index is -0.183. The van der Waals surface area contributed by atoms with E-state index in [1.54, 1.807) is 10.7 Å². The Kier molecular flexibility index (Phi) is 3.16. The Morgan fingerprint density at radius 2 is 2.14 bits per heavy atom. The molecule has 3 aromatic rings. The van der Waals surface area contributed by atoms with Crippen molar-refractivity contribution in [1.29, 1.82) is 0 Å². The van der Waals surface area contributed by atoms with Crippen molar-refractivity contribution in [1.82, 2.24) is 24.7 Å². The van der Waals surface area contributed by atoms with E-state index in [0.29, 0.717) is 11.8 Å². The number of fused-ring (bicyclic) bond motifs is 1. The van der Waals surface area contributed by atoms with Gasteiger partial charge in [-0.3, -0.25) is 0 Å². The zero-order valence-electron chi connectivity index (χ0n) is 12.5. The highest BCUT2D eigenvalue weighted by molar-refractivity contribution is 5.74. The van der Waals surface area contributed by atoms with Gasteiger partial charge in [0.15, 0.2) is 0 Å². The molecular weight excluding hydrogens is 282 g/mol. The van der Waals surface area contributed by atoms with Gasteiger partial charge in [-0.2, -0.15) is 5.10 Å². The minimum absolute atomic E-state index is 0.149. The summed E-state index contributed by atoms with van der Waals surface area (Å²) in [6.07, 6.45) is 3.59. The molecule has 7 nitrogen and oxygen atoms in total. The van der Waals surface area contributed by atoms with Crippen LogP contribution in [0.2, 0.25) is 0 Å². The predicted octanol–water partition coefficient (Wildman–Crippen LogP) is 1.78. The van der Waals surface area contributed by atoms with Gasteiger partial charge in [-0.1, -0.05) is 6.07 Å². The van der Waals surface area contributed by atoms with E-state index in [9.17, 15) is 0 Å². The predicted molar refractivity (Wildman–Crippen MR) is 79.3 cm³/mol. The van der Waals surface area contributed by atoms with Crippen LogP contribution in [0.25, 0.3) is 17.0 Å². The maximum absolute atomic E-state index is 5.90. The molecule has 1 saturated heterocycles. The Hall–Kier alpha value is -2.25. The van der Waals surface area contributed by atoms with Crippen LogP contribution in [-0.4, -0.2) is 51.0 Å². The average molecular weight is 299 g/mol. The highest BCUT2D eigenvalue weighted by Crippen LogP contribution is 2.28. The third kappa shape index (κ3) is 2.28. The standard InChI is InChI=1S/C15H17N5O2/c1-10-8-19(2)9-13(21-10)15-18-17-14(22-15)11-7-16-20-6-4-3-5-12(11)20/h3-7,10,13H,8-9H2,1-2H3/t10-,13-/m1/s1. The van der Waals surface area contributed by atoms with E-state index in [1.807, 2.05) is 31.3 Å². The molecule has 4 heterocycles. The molecule has 114 valence electrons. The number of morpholine rings is 1. The van der Waals surface area contributed by atoms with Crippen LogP contribution >= 0.6 is 0 Å². The van der Waals surface area contributed by atoms with Crippen molar-refractivity contribution in [3.63, 3.8) is 0 Å². The van der Waals surface area contributed by atoms with Gasteiger partial charge in [-0.05, 0) is 26.1 Å². The van der Waals surface area contributed by atoms with Crippen LogP contribution in [0.3, 0.4) is 0 Å². The fourth-order valence-corrected chi connectivity index (χ4v) is 2.87. The third-order valence-corrected chi connectivity index (χ3v) is 3.82.